The lowest BCUT2D eigenvalue weighted by Gasteiger charge is -2.25. The molecule has 1 fully saturated rings. The average molecular weight is 485 g/mol. The number of rotatable bonds is 9. The van der Waals surface area contributed by atoms with Gasteiger partial charge in [0.05, 0.1) is 22.5 Å². The lowest BCUT2D eigenvalue weighted by Crippen LogP contribution is -2.35. The molecule has 0 bridgehead atoms. The fraction of sp³-hybridized carbons (Fsp3) is 0.375. The van der Waals surface area contributed by atoms with Gasteiger partial charge in [0.25, 0.3) is 0 Å². The summed E-state index contributed by atoms with van der Waals surface area (Å²) < 4.78 is 1.97. The lowest BCUT2D eigenvalue weighted by molar-refractivity contribution is -0.118. The van der Waals surface area contributed by atoms with E-state index in [9.17, 15) is 4.79 Å². The summed E-state index contributed by atoms with van der Waals surface area (Å²) in [6, 6.07) is 18.0. The maximum atomic E-state index is 12.7. The molecule has 0 spiro atoms. The highest BCUT2D eigenvalue weighted by atomic mass is 35.5. The third-order valence-corrected chi connectivity index (χ3v) is 6.98. The van der Waals surface area contributed by atoms with Gasteiger partial charge in [-0.05, 0) is 44.6 Å². The summed E-state index contributed by atoms with van der Waals surface area (Å²) in [7, 11) is 4.04. The predicted molar refractivity (Wildman–Crippen MR) is 134 cm³/mol. The molecular weight excluding hydrogens is 456 g/mol. The number of carbonyl (C=O) groups excluding carboxylic acids is 1. The Hall–Kier alpha value is -2.55. The number of hydrogen-bond acceptors (Lipinski definition) is 6. The van der Waals surface area contributed by atoms with Gasteiger partial charge in [-0.1, -0.05) is 65.8 Å². The van der Waals surface area contributed by atoms with Crippen LogP contribution in [0, 0.1) is 0 Å². The molecule has 3 aromatic rings. The summed E-state index contributed by atoms with van der Waals surface area (Å²) in [5.41, 5.74) is 2.00. The van der Waals surface area contributed by atoms with Crippen LogP contribution in [0.1, 0.15) is 24.4 Å². The summed E-state index contributed by atoms with van der Waals surface area (Å²) >= 11 is 7.89. The quantitative estimate of drug-likeness (QED) is 0.462. The number of nitrogens with zero attached hydrogens (tertiary/aromatic N) is 5. The van der Waals surface area contributed by atoms with Crippen LogP contribution in [-0.4, -0.2) is 65.1 Å². The summed E-state index contributed by atoms with van der Waals surface area (Å²) in [6.45, 7) is 2.42. The van der Waals surface area contributed by atoms with E-state index in [1.807, 2.05) is 61.1 Å². The molecule has 1 aliphatic rings. The van der Waals surface area contributed by atoms with Crippen molar-refractivity contribution in [1.29, 1.82) is 0 Å². The maximum absolute atomic E-state index is 12.7. The summed E-state index contributed by atoms with van der Waals surface area (Å²) in [6.07, 6.45) is 2.27. The van der Waals surface area contributed by atoms with Crippen molar-refractivity contribution >= 4 is 35.2 Å². The summed E-state index contributed by atoms with van der Waals surface area (Å²) in [5, 5.41) is 13.2. The number of anilines is 1. The zero-order valence-electron chi connectivity index (χ0n) is 18.9. The van der Waals surface area contributed by atoms with E-state index in [0.29, 0.717) is 16.7 Å². The number of benzene rings is 2. The highest BCUT2D eigenvalue weighted by Crippen LogP contribution is 2.31. The van der Waals surface area contributed by atoms with Crippen molar-refractivity contribution in [2.75, 3.05) is 44.4 Å². The highest BCUT2D eigenvalue weighted by molar-refractivity contribution is 7.99. The van der Waals surface area contributed by atoms with Crippen LogP contribution in [-0.2, 0) is 4.79 Å². The molecule has 1 N–H and O–H groups in total. The van der Waals surface area contributed by atoms with Crippen molar-refractivity contribution in [3.63, 3.8) is 0 Å². The zero-order valence-corrected chi connectivity index (χ0v) is 20.5. The number of thioether (sulfide) groups is 1. The number of carbonyl (C=O) groups is 1. The first kappa shape index (κ1) is 23.6. The van der Waals surface area contributed by atoms with Gasteiger partial charge in [-0.3, -0.25) is 9.36 Å². The molecule has 0 unspecified atom stereocenters. The van der Waals surface area contributed by atoms with Crippen molar-refractivity contribution in [3.05, 3.63) is 65.2 Å². The Morgan fingerprint density at radius 3 is 2.48 bits per heavy atom. The van der Waals surface area contributed by atoms with Crippen molar-refractivity contribution in [3.8, 4) is 5.69 Å². The first-order valence-electron chi connectivity index (χ1n) is 11.1. The minimum absolute atomic E-state index is 0.0424. The lowest BCUT2D eigenvalue weighted by atomic mass is 10.1. The van der Waals surface area contributed by atoms with Crippen LogP contribution in [0.4, 0.5) is 5.95 Å². The van der Waals surface area contributed by atoms with Crippen LogP contribution in [0.3, 0.4) is 0 Å². The Balaban J connectivity index is 1.46. The monoisotopic (exact) mass is 484 g/mol. The number of halogens is 1. The molecule has 1 aromatic heterocycles. The van der Waals surface area contributed by atoms with Gasteiger partial charge in [0.2, 0.25) is 11.9 Å². The van der Waals surface area contributed by atoms with E-state index < -0.39 is 0 Å². The van der Waals surface area contributed by atoms with Gasteiger partial charge in [0, 0.05) is 19.6 Å². The van der Waals surface area contributed by atoms with Crippen LogP contribution in [0.2, 0.25) is 5.02 Å². The number of hydrogen-bond donors (Lipinski definition) is 1. The van der Waals surface area contributed by atoms with Gasteiger partial charge in [-0.2, -0.15) is 0 Å². The molecule has 2 aromatic carbocycles. The van der Waals surface area contributed by atoms with E-state index in [1.54, 1.807) is 0 Å². The van der Waals surface area contributed by atoms with Gasteiger partial charge < -0.3 is 15.1 Å². The largest absolute Gasteiger partial charge is 0.353 e. The third-order valence-electron chi connectivity index (χ3n) is 5.73. The van der Waals surface area contributed by atoms with Crippen molar-refractivity contribution < 1.29 is 4.79 Å². The second kappa shape index (κ2) is 11.0. The number of nitrogens with one attached hydrogen (secondary N) is 1. The van der Waals surface area contributed by atoms with E-state index in [2.05, 4.69) is 37.4 Å². The third kappa shape index (κ3) is 5.69. The molecule has 1 atom stereocenters. The standard InChI is InChI=1S/C24H29ClN6OS/c1-29(2)21(18-10-4-3-5-11-18)16-26-22(32)17-33-24-28-27-23(30-14-8-9-15-30)31(24)20-13-7-6-12-19(20)25/h3-7,10-13,21H,8-9,14-17H2,1-2H3,(H,26,32)/t21-/m0/s1. The van der Waals surface area contributed by atoms with E-state index in [4.69, 9.17) is 11.6 Å². The normalized spacial score (nSPS) is 14.6. The second-order valence-corrected chi connectivity index (χ2v) is 9.60. The molecule has 0 radical (unpaired) electrons. The van der Waals surface area contributed by atoms with Gasteiger partial charge in [-0.15, -0.1) is 10.2 Å². The maximum Gasteiger partial charge on any atom is 0.232 e. The van der Waals surface area contributed by atoms with E-state index >= 15 is 0 Å². The van der Waals surface area contributed by atoms with Gasteiger partial charge >= 0.3 is 0 Å². The molecule has 0 saturated carbocycles. The van der Waals surface area contributed by atoms with Crippen LogP contribution in [0.25, 0.3) is 5.69 Å². The Morgan fingerprint density at radius 2 is 1.79 bits per heavy atom. The number of aromatic nitrogens is 3. The molecule has 33 heavy (non-hydrogen) atoms. The molecular formula is C24H29ClN6OS. The molecule has 1 saturated heterocycles. The molecule has 4 rings (SSSR count). The summed E-state index contributed by atoms with van der Waals surface area (Å²) in [5.74, 6) is 0.983. The average Bonchev–Trinajstić information content (AvgIpc) is 3.48. The van der Waals surface area contributed by atoms with Crippen LogP contribution in [0.15, 0.2) is 59.8 Å². The zero-order chi connectivity index (χ0) is 23.2. The topological polar surface area (TPSA) is 66.3 Å². The fourth-order valence-electron chi connectivity index (χ4n) is 3.99. The van der Waals surface area contributed by atoms with Crippen LogP contribution < -0.4 is 10.2 Å². The highest BCUT2D eigenvalue weighted by Gasteiger charge is 2.24. The molecule has 1 aliphatic heterocycles. The first-order chi connectivity index (χ1) is 16.0. The van der Waals surface area contributed by atoms with Crippen molar-refractivity contribution in [1.82, 2.24) is 25.0 Å². The minimum Gasteiger partial charge on any atom is -0.353 e. The molecule has 174 valence electrons. The second-order valence-electron chi connectivity index (χ2n) is 8.25. The van der Waals surface area contributed by atoms with Crippen LogP contribution in [0.5, 0.6) is 0 Å². The van der Waals surface area contributed by atoms with Gasteiger partial charge in [0.1, 0.15) is 0 Å². The smallest absolute Gasteiger partial charge is 0.232 e. The molecule has 0 aliphatic carbocycles. The van der Waals surface area contributed by atoms with E-state index in [-0.39, 0.29) is 17.7 Å². The molecule has 7 nitrogen and oxygen atoms in total. The van der Waals surface area contributed by atoms with Crippen molar-refractivity contribution in [2.45, 2.75) is 24.0 Å². The van der Waals surface area contributed by atoms with E-state index in [0.717, 1.165) is 37.6 Å². The Bertz CT molecular complexity index is 1070. The predicted octanol–water partition coefficient (Wildman–Crippen LogP) is 4.03. The Kier molecular flexibility index (Phi) is 7.90. The molecule has 1 amide bonds. The summed E-state index contributed by atoms with van der Waals surface area (Å²) in [4.78, 5) is 17.0. The Labute approximate surface area is 204 Å². The fourth-order valence-corrected chi connectivity index (χ4v) is 4.98. The van der Waals surface area contributed by atoms with Crippen LogP contribution >= 0.6 is 23.4 Å². The first-order valence-corrected chi connectivity index (χ1v) is 12.5. The van der Waals surface area contributed by atoms with Crippen molar-refractivity contribution in [2.24, 2.45) is 0 Å². The number of likely N-dealkylation sites (N-methyl/N-ethyl adjacent to an activating group) is 1. The SMILES string of the molecule is CN(C)[C@@H](CNC(=O)CSc1nnc(N2CCCC2)n1-c1ccccc1Cl)c1ccccc1. The Morgan fingerprint density at radius 1 is 1.09 bits per heavy atom. The number of para-hydroxylation sites is 1. The minimum atomic E-state index is -0.0424. The van der Waals surface area contributed by atoms with E-state index in [1.165, 1.54) is 17.3 Å². The van der Waals surface area contributed by atoms with Gasteiger partial charge in [-0.25, -0.2) is 0 Å². The van der Waals surface area contributed by atoms with Gasteiger partial charge in [0.15, 0.2) is 5.16 Å². The molecule has 9 heteroatoms. The number of amides is 1. The molecule has 2 heterocycles.